The largest absolute Gasteiger partial charge is 0.368 e. The molecule has 4 rings (SSSR count). The molecule has 2 heterocycles. The topological polar surface area (TPSA) is 56.4 Å². The molecule has 1 fully saturated rings. The van der Waals surface area contributed by atoms with Crippen LogP contribution in [0.2, 0.25) is 0 Å². The number of piperazine rings is 1. The maximum Gasteiger partial charge on any atom is 0.270 e. The zero-order chi connectivity index (χ0) is 17.2. The van der Waals surface area contributed by atoms with Crippen LogP contribution in [0.25, 0.3) is 10.8 Å². The van der Waals surface area contributed by atoms with E-state index in [-0.39, 0.29) is 11.5 Å². The number of aromatic amines is 1. The van der Waals surface area contributed by atoms with Crippen molar-refractivity contribution in [3.63, 3.8) is 0 Å². The van der Waals surface area contributed by atoms with Gasteiger partial charge in [0.1, 0.15) is 5.69 Å². The van der Waals surface area contributed by atoms with Crippen molar-refractivity contribution in [2.75, 3.05) is 31.1 Å². The molecule has 126 valence electrons. The van der Waals surface area contributed by atoms with E-state index < -0.39 is 0 Å². The fourth-order valence-corrected chi connectivity index (χ4v) is 3.30. The van der Waals surface area contributed by atoms with E-state index in [1.165, 1.54) is 5.69 Å². The first-order valence-corrected chi connectivity index (χ1v) is 8.44. The second-order valence-electron chi connectivity index (χ2n) is 6.21. The van der Waals surface area contributed by atoms with Crippen LogP contribution in [0.15, 0.2) is 65.5 Å². The predicted octanol–water partition coefficient (Wildman–Crippen LogP) is 2.49. The molecule has 0 atom stereocenters. The van der Waals surface area contributed by atoms with Crippen molar-refractivity contribution in [1.82, 2.24) is 9.88 Å². The number of fused-ring (bicyclic) bond motifs is 1. The van der Waals surface area contributed by atoms with Crippen LogP contribution in [-0.2, 0) is 0 Å². The molecule has 0 bridgehead atoms. The normalized spacial score (nSPS) is 14.7. The zero-order valence-corrected chi connectivity index (χ0v) is 13.8. The number of carbonyl (C=O) groups is 1. The fourth-order valence-electron chi connectivity index (χ4n) is 3.30. The van der Waals surface area contributed by atoms with Gasteiger partial charge in [-0.05, 0) is 29.7 Å². The Labute approximate surface area is 145 Å². The Morgan fingerprint density at radius 3 is 2.32 bits per heavy atom. The van der Waals surface area contributed by atoms with Crippen LogP contribution < -0.4 is 10.5 Å². The standard InChI is InChI=1S/C20H19N3O2/c24-19-17-9-5-4-6-15(17)14-18(21-19)20(25)23-12-10-22(11-13-23)16-7-2-1-3-8-16/h1-9,14H,10-13H2,(H,21,24). The van der Waals surface area contributed by atoms with Crippen molar-refractivity contribution in [3.05, 3.63) is 76.7 Å². The minimum atomic E-state index is -0.218. The first-order chi connectivity index (χ1) is 12.2. The third-order valence-corrected chi connectivity index (χ3v) is 4.67. The Morgan fingerprint density at radius 2 is 1.56 bits per heavy atom. The highest BCUT2D eigenvalue weighted by molar-refractivity contribution is 5.96. The van der Waals surface area contributed by atoms with Crippen molar-refractivity contribution >= 4 is 22.4 Å². The van der Waals surface area contributed by atoms with Gasteiger partial charge in [0.2, 0.25) is 0 Å². The number of carbonyl (C=O) groups excluding carboxylic acids is 1. The van der Waals surface area contributed by atoms with Crippen LogP contribution in [0.4, 0.5) is 5.69 Å². The minimum Gasteiger partial charge on any atom is -0.368 e. The number of para-hydroxylation sites is 1. The monoisotopic (exact) mass is 333 g/mol. The number of aromatic nitrogens is 1. The molecule has 25 heavy (non-hydrogen) atoms. The second kappa shape index (κ2) is 6.43. The maximum absolute atomic E-state index is 12.8. The van der Waals surface area contributed by atoms with E-state index in [0.717, 1.165) is 18.5 Å². The van der Waals surface area contributed by atoms with Gasteiger partial charge in [0.25, 0.3) is 11.5 Å². The maximum atomic E-state index is 12.8. The summed E-state index contributed by atoms with van der Waals surface area (Å²) < 4.78 is 0. The number of H-pyrrole nitrogens is 1. The summed E-state index contributed by atoms with van der Waals surface area (Å²) in [6.07, 6.45) is 0. The number of hydrogen-bond donors (Lipinski definition) is 1. The molecule has 0 radical (unpaired) electrons. The highest BCUT2D eigenvalue weighted by Gasteiger charge is 2.23. The molecule has 1 aliphatic heterocycles. The number of nitrogens with one attached hydrogen (secondary N) is 1. The zero-order valence-electron chi connectivity index (χ0n) is 13.8. The van der Waals surface area contributed by atoms with Gasteiger partial charge in [-0.15, -0.1) is 0 Å². The van der Waals surface area contributed by atoms with Crippen molar-refractivity contribution < 1.29 is 4.79 Å². The summed E-state index contributed by atoms with van der Waals surface area (Å²) in [5, 5.41) is 1.39. The molecule has 1 amide bonds. The number of benzene rings is 2. The van der Waals surface area contributed by atoms with E-state index in [1.54, 1.807) is 17.0 Å². The lowest BCUT2D eigenvalue weighted by atomic mass is 10.1. The number of anilines is 1. The number of amides is 1. The Balaban J connectivity index is 1.52. The van der Waals surface area contributed by atoms with Gasteiger partial charge in [-0.2, -0.15) is 0 Å². The first kappa shape index (κ1) is 15.4. The SMILES string of the molecule is O=C(c1cc2ccccc2c(=O)[nH]1)N1CCN(c2ccccc2)CC1. The molecule has 1 aliphatic rings. The quantitative estimate of drug-likeness (QED) is 0.784. The average Bonchev–Trinajstić information content (AvgIpc) is 2.68. The van der Waals surface area contributed by atoms with Gasteiger partial charge in [-0.25, -0.2) is 0 Å². The minimum absolute atomic E-state index is 0.115. The highest BCUT2D eigenvalue weighted by atomic mass is 16.2. The molecule has 3 aromatic rings. The van der Waals surface area contributed by atoms with Gasteiger partial charge in [0.05, 0.1) is 0 Å². The first-order valence-electron chi connectivity index (χ1n) is 8.44. The summed E-state index contributed by atoms with van der Waals surface area (Å²) in [5.41, 5.74) is 1.31. The van der Waals surface area contributed by atoms with E-state index in [1.807, 2.05) is 36.4 Å². The molecule has 0 spiro atoms. The van der Waals surface area contributed by atoms with Crippen LogP contribution in [0.3, 0.4) is 0 Å². The van der Waals surface area contributed by atoms with E-state index >= 15 is 0 Å². The summed E-state index contributed by atoms with van der Waals surface area (Å²) in [6, 6.07) is 19.3. The summed E-state index contributed by atoms with van der Waals surface area (Å²) in [6.45, 7) is 2.85. The fraction of sp³-hybridized carbons (Fsp3) is 0.200. The molecule has 0 aliphatic carbocycles. The third-order valence-electron chi connectivity index (χ3n) is 4.67. The van der Waals surface area contributed by atoms with Crippen LogP contribution in [0, 0.1) is 0 Å². The lowest BCUT2D eigenvalue weighted by Crippen LogP contribution is -2.49. The predicted molar refractivity (Wildman–Crippen MR) is 99.1 cm³/mol. The third kappa shape index (κ3) is 3.01. The molecule has 0 saturated carbocycles. The highest BCUT2D eigenvalue weighted by Crippen LogP contribution is 2.17. The molecule has 1 aromatic heterocycles. The molecule has 2 aromatic carbocycles. The van der Waals surface area contributed by atoms with Gasteiger partial charge < -0.3 is 14.8 Å². The van der Waals surface area contributed by atoms with Gasteiger partial charge in [0, 0.05) is 37.3 Å². The van der Waals surface area contributed by atoms with Crippen molar-refractivity contribution in [2.45, 2.75) is 0 Å². The van der Waals surface area contributed by atoms with Gasteiger partial charge in [-0.3, -0.25) is 9.59 Å². The Kier molecular flexibility index (Phi) is 3.98. The van der Waals surface area contributed by atoms with Crippen LogP contribution in [0.5, 0.6) is 0 Å². The van der Waals surface area contributed by atoms with Crippen LogP contribution >= 0.6 is 0 Å². The smallest absolute Gasteiger partial charge is 0.270 e. The van der Waals surface area contributed by atoms with E-state index in [2.05, 4.69) is 22.0 Å². The number of rotatable bonds is 2. The molecular formula is C20H19N3O2. The average molecular weight is 333 g/mol. The van der Waals surface area contributed by atoms with Gasteiger partial charge >= 0.3 is 0 Å². The van der Waals surface area contributed by atoms with E-state index in [9.17, 15) is 9.59 Å². The number of nitrogens with zero attached hydrogens (tertiary/aromatic N) is 2. The second-order valence-corrected chi connectivity index (χ2v) is 6.21. The van der Waals surface area contributed by atoms with Crippen LogP contribution in [0.1, 0.15) is 10.5 Å². The molecule has 5 nitrogen and oxygen atoms in total. The Hall–Kier alpha value is -3.08. The van der Waals surface area contributed by atoms with Gasteiger partial charge in [0.15, 0.2) is 0 Å². The number of pyridine rings is 1. The molecule has 1 N–H and O–H groups in total. The van der Waals surface area contributed by atoms with Gasteiger partial charge in [-0.1, -0.05) is 36.4 Å². The number of hydrogen-bond acceptors (Lipinski definition) is 3. The Bertz CT molecular complexity index is 957. The lowest BCUT2D eigenvalue weighted by molar-refractivity contribution is 0.0741. The summed E-state index contributed by atoms with van der Waals surface area (Å²) in [5.74, 6) is -0.115. The Morgan fingerprint density at radius 1 is 0.880 bits per heavy atom. The van der Waals surface area contributed by atoms with Crippen molar-refractivity contribution in [1.29, 1.82) is 0 Å². The lowest BCUT2D eigenvalue weighted by Gasteiger charge is -2.36. The van der Waals surface area contributed by atoms with Crippen molar-refractivity contribution in [3.8, 4) is 0 Å². The molecular weight excluding hydrogens is 314 g/mol. The van der Waals surface area contributed by atoms with E-state index in [4.69, 9.17) is 0 Å². The van der Waals surface area contributed by atoms with E-state index in [0.29, 0.717) is 24.2 Å². The summed E-state index contributed by atoms with van der Waals surface area (Å²) in [7, 11) is 0. The molecule has 1 saturated heterocycles. The summed E-state index contributed by atoms with van der Waals surface area (Å²) >= 11 is 0. The summed E-state index contributed by atoms with van der Waals surface area (Å²) in [4.78, 5) is 31.8. The van der Waals surface area contributed by atoms with Crippen molar-refractivity contribution in [2.24, 2.45) is 0 Å². The molecule has 0 unspecified atom stereocenters. The molecule has 5 heteroatoms. The van der Waals surface area contributed by atoms with Crippen LogP contribution in [-0.4, -0.2) is 42.0 Å².